The SMILES string of the molecule is CC(C)CCCNC(=O)NC(=O)CSSCCNC(=O)NC(=O)CC(C)C. The monoisotopic (exact) mass is 420 g/mol. The lowest BCUT2D eigenvalue weighted by Gasteiger charge is -2.08. The second kappa shape index (κ2) is 15.6. The first-order valence-electron chi connectivity index (χ1n) is 9.10. The van der Waals surface area contributed by atoms with Crippen molar-refractivity contribution in [2.24, 2.45) is 11.8 Å². The predicted octanol–water partition coefficient (Wildman–Crippen LogP) is 2.50. The minimum atomic E-state index is -0.516. The molecule has 0 fully saturated rings. The molecule has 0 aromatic heterocycles. The Morgan fingerprint density at radius 2 is 1.37 bits per heavy atom. The van der Waals surface area contributed by atoms with Gasteiger partial charge in [0.05, 0.1) is 5.75 Å². The predicted molar refractivity (Wildman–Crippen MR) is 112 cm³/mol. The molecule has 0 aromatic rings. The molecule has 0 bridgehead atoms. The van der Waals surface area contributed by atoms with Crippen LogP contribution in [0.15, 0.2) is 0 Å². The first-order valence-corrected chi connectivity index (χ1v) is 11.6. The Morgan fingerprint density at radius 1 is 0.778 bits per heavy atom. The van der Waals surface area contributed by atoms with Crippen LogP contribution in [-0.4, -0.2) is 48.5 Å². The van der Waals surface area contributed by atoms with Gasteiger partial charge in [-0.1, -0.05) is 49.3 Å². The highest BCUT2D eigenvalue weighted by molar-refractivity contribution is 8.76. The number of carbonyl (C=O) groups excluding carboxylic acids is 4. The van der Waals surface area contributed by atoms with Crippen LogP contribution in [0.5, 0.6) is 0 Å². The minimum Gasteiger partial charge on any atom is -0.338 e. The van der Waals surface area contributed by atoms with E-state index in [9.17, 15) is 19.2 Å². The number of hydrogen-bond acceptors (Lipinski definition) is 6. The van der Waals surface area contributed by atoms with E-state index in [1.165, 1.54) is 21.6 Å². The second-order valence-electron chi connectivity index (χ2n) is 6.83. The lowest BCUT2D eigenvalue weighted by Crippen LogP contribution is -2.41. The molecule has 0 spiro atoms. The molecule has 0 unspecified atom stereocenters. The van der Waals surface area contributed by atoms with E-state index in [1.54, 1.807) is 0 Å². The zero-order valence-electron chi connectivity index (χ0n) is 16.6. The number of rotatable bonds is 12. The zero-order valence-corrected chi connectivity index (χ0v) is 18.2. The average Bonchev–Trinajstić information content (AvgIpc) is 2.53. The van der Waals surface area contributed by atoms with Gasteiger partial charge in [0.1, 0.15) is 0 Å². The molecule has 0 aliphatic rings. The Bertz CT molecular complexity index is 488. The smallest absolute Gasteiger partial charge is 0.321 e. The van der Waals surface area contributed by atoms with E-state index >= 15 is 0 Å². The molecule has 0 aliphatic heterocycles. The van der Waals surface area contributed by atoms with Crippen LogP contribution in [0, 0.1) is 11.8 Å². The van der Waals surface area contributed by atoms with Crippen LogP contribution in [-0.2, 0) is 9.59 Å². The van der Waals surface area contributed by atoms with Gasteiger partial charge in [-0.15, -0.1) is 0 Å². The molecule has 0 aromatic carbocycles. The van der Waals surface area contributed by atoms with Gasteiger partial charge >= 0.3 is 12.1 Å². The highest BCUT2D eigenvalue weighted by Gasteiger charge is 2.09. The van der Waals surface area contributed by atoms with Crippen LogP contribution in [0.3, 0.4) is 0 Å². The lowest BCUT2D eigenvalue weighted by atomic mass is 10.1. The molecule has 0 saturated heterocycles. The molecule has 27 heavy (non-hydrogen) atoms. The minimum absolute atomic E-state index is 0.142. The van der Waals surface area contributed by atoms with Crippen LogP contribution in [0.1, 0.15) is 47.0 Å². The lowest BCUT2D eigenvalue weighted by molar-refractivity contribution is -0.120. The largest absolute Gasteiger partial charge is 0.338 e. The van der Waals surface area contributed by atoms with Gasteiger partial charge in [0.2, 0.25) is 11.8 Å². The molecular weight excluding hydrogens is 388 g/mol. The van der Waals surface area contributed by atoms with Gasteiger partial charge in [-0.25, -0.2) is 9.59 Å². The van der Waals surface area contributed by atoms with Crippen molar-refractivity contribution in [3.05, 3.63) is 0 Å². The van der Waals surface area contributed by atoms with E-state index < -0.39 is 12.1 Å². The summed E-state index contributed by atoms with van der Waals surface area (Å²) in [5.74, 6) is 0.834. The fourth-order valence-corrected chi connectivity index (χ4v) is 3.61. The Balaban J connectivity index is 3.61. The number of urea groups is 2. The van der Waals surface area contributed by atoms with Crippen molar-refractivity contribution in [1.82, 2.24) is 21.3 Å². The maximum absolute atomic E-state index is 11.6. The maximum Gasteiger partial charge on any atom is 0.321 e. The summed E-state index contributed by atoms with van der Waals surface area (Å²) in [5.41, 5.74) is 0. The maximum atomic E-state index is 11.6. The first-order chi connectivity index (χ1) is 12.7. The van der Waals surface area contributed by atoms with Crippen molar-refractivity contribution in [1.29, 1.82) is 0 Å². The zero-order chi connectivity index (χ0) is 20.7. The molecule has 4 N–H and O–H groups in total. The quantitative estimate of drug-likeness (QED) is 0.285. The molecule has 0 rings (SSSR count). The van der Waals surface area contributed by atoms with Crippen molar-refractivity contribution in [2.75, 3.05) is 24.6 Å². The Morgan fingerprint density at radius 3 is 1.96 bits per heavy atom. The summed E-state index contributed by atoms with van der Waals surface area (Å²) in [6.07, 6.45) is 2.21. The topological polar surface area (TPSA) is 116 Å². The standard InChI is InChI=1S/C17H32N4O4S2/c1-12(2)6-5-7-18-16(24)21-15(23)11-27-26-9-8-19-17(25)20-14(22)10-13(3)4/h12-13H,5-11H2,1-4H3,(H2,18,21,23,24)(H2,19,20,22,25). The molecule has 0 aliphatic carbocycles. The van der Waals surface area contributed by atoms with Crippen LogP contribution in [0.4, 0.5) is 9.59 Å². The Kier molecular flexibility index (Phi) is 14.8. The van der Waals surface area contributed by atoms with Crippen LogP contribution in [0.25, 0.3) is 0 Å². The van der Waals surface area contributed by atoms with Gasteiger partial charge in [0, 0.05) is 25.3 Å². The molecule has 10 heteroatoms. The average molecular weight is 421 g/mol. The normalized spacial score (nSPS) is 10.6. The van der Waals surface area contributed by atoms with Crippen molar-refractivity contribution in [2.45, 2.75) is 47.0 Å². The second-order valence-corrected chi connectivity index (χ2v) is 9.41. The summed E-state index contributed by atoms with van der Waals surface area (Å²) >= 11 is 0. The van der Waals surface area contributed by atoms with E-state index in [0.717, 1.165) is 12.8 Å². The van der Waals surface area contributed by atoms with Crippen LogP contribution in [0.2, 0.25) is 0 Å². The third-order valence-corrected chi connectivity index (χ3v) is 5.36. The van der Waals surface area contributed by atoms with Gasteiger partial charge in [-0.2, -0.15) is 0 Å². The van der Waals surface area contributed by atoms with E-state index in [1.807, 2.05) is 13.8 Å². The number of amides is 6. The highest BCUT2D eigenvalue weighted by Crippen LogP contribution is 2.19. The van der Waals surface area contributed by atoms with Crippen LogP contribution >= 0.6 is 21.6 Å². The molecular formula is C17H32N4O4S2. The summed E-state index contributed by atoms with van der Waals surface area (Å²) in [4.78, 5) is 46.0. The summed E-state index contributed by atoms with van der Waals surface area (Å²) < 4.78 is 0. The molecule has 0 saturated carbocycles. The third kappa shape index (κ3) is 17.7. The molecule has 8 nitrogen and oxygen atoms in total. The summed E-state index contributed by atoms with van der Waals surface area (Å²) in [7, 11) is 2.70. The molecule has 6 amide bonds. The van der Waals surface area contributed by atoms with E-state index in [0.29, 0.717) is 31.2 Å². The summed E-state index contributed by atoms with van der Waals surface area (Å²) in [6.45, 7) is 8.96. The van der Waals surface area contributed by atoms with E-state index in [-0.39, 0.29) is 23.5 Å². The van der Waals surface area contributed by atoms with Gasteiger partial charge in [-0.3, -0.25) is 20.2 Å². The first kappa shape index (κ1) is 25.6. The number of imide groups is 2. The van der Waals surface area contributed by atoms with Gasteiger partial charge < -0.3 is 10.6 Å². The van der Waals surface area contributed by atoms with E-state index in [4.69, 9.17) is 0 Å². The fourth-order valence-electron chi connectivity index (χ4n) is 1.87. The number of nitrogens with one attached hydrogen (secondary N) is 4. The van der Waals surface area contributed by atoms with Crippen molar-refractivity contribution in [3.8, 4) is 0 Å². The van der Waals surface area contributed by atoms with Gasteiger partial charge in [0.15, 0.2) is 0 Å². The van der Waals surface area contributed by atoms with Crippen LogP contribution < -0.4 is 21.3 Å². The van der Waals surface area contributed by atoms with Crippen molar-refractivity contribution < 1.29 is 19.2 Å². The van der Waals surface area contributed by atoms with Gasteiger partial charge in [-0.05, 0) is 24.7 Å². The molecule has 156 valence electrons. The fraction of sp³-hybridized carbons (Fsp3) is 0.765. The highest BCUT2D eigenvalue weighted by atomic mass is 33.1. The molecule has 0 heterocycles. The Hall–Kier alpha value is -1.42. The molecule has 0 radical (unpaired) electrons. The molecule has 0 atom stereocenters. The van der Waals surface area contributed by atoms with E-state index in [2.05, 4.69) is 35.1 Å². The third-order valence-electron chi connectivity index (χ3n) is 3.09. The van der Waals surface area contributed by atoms with Crippen molar-refractivity contribution >= 4 is 45.5 Å². The summed E-state index contributed by atoms with van der Waals surface area (Å²) in [5, 5.41) is 9.75. The summed E-state index contributed by atoms with van der Waals surface area (Å²) in [6, 6.07) is -0.989. The number of carbonyl (C=O) groups is 4. The number of hydrogen-bond donors (Lipinski definition) is 4. The van der Waals surface area contributed by atoms with Gasteiger partial charge in [0.25, 0.3) is 0 Å². The van der Waals surface area contributed by atoms with Crippen molar-refractivity contribution in [3.63, 3.8) is 0 Å². The Labute approximate surface area is 169 Å².